The maximum absolute atomic E-state index is 13.8. The summed E-state index contributed by atoms with van der Waals surface area (Å²) in [5.74, 6) is -0.717. The molecule has 0 fully saturated rings. The van der Waals surface area contributed by atoms with Gasteiger partial charge in [0.25, 0.3) is 0 Å². The van der Waals surface area contributed by atoms with E-state index in [0.717, 1.165) is 12.1 Å². The van der Waals surface area contributed by atoms with Gasteiger partial charge in [0.2, 0.25) is 5.91 Å². The zero-order chi connectivity index (χ0) is 14.5. The molecule has 0 saturated carbocycles. The summed E-state index contributed by atoms with van der Waals surface area (Å²) in [5.41, 5.74) is 7.04. The van der Waals surface area contributed by atoms with Gasteiger partial charge in [0.05, 0.1) is 6.04 Å². The van der Waals surface area contributed by atoms with Crippen molar-refractivity contribution in [3.05, 3.63) is 65.5 Å². The van der Waals surface area contributed by atoms with E-state index < -0.39 is 5.91 Å². The summed E-state index contributed by atoms with van der Waals surface area (Å²) in [6.45, 7) is 1.97. The van der Waals surface area contributed by atoms with Crippen molar-refractivity contribution >= 4 is 11.6 Å². The Labute approximate surface area is 117 Å². The lowest BCUT2D eigenvalue weighted by molar-refractivity contribution is 0.100. The lowest BCUT2D eigenvalue weighted by atomic mass is 10.0. The Kier molecular flexibility index (Phi) is 4.35. The van der Waals surface area contributed by atoms with E-state index in [-0.39, 0.29) is 11.9 Å². The fraction of sp³-hybridized carbons (Fsp3) is 0.188. The van der Waals surface area contributed by atoms with E-state index in [1.54, 1.807) is 30.3 Å². The zero-order valence-electron chi connectivity index (χ0n) is 11.3. The first-order valence-corrected chi connectivity index (χ1v) is 6.52. The maximum atomic E-state index is 13.8. The molecular formula is C16H17FN2O. The summed E-state index contributed by atoms with van der Waals surface area (Å²) < 4.78 is 13.8. The minimum atomic E-state index is -0.479. The van der Waals surface area contributed by atoms with Crippen LogP contribution in [0.25, 0.3) is 0 Å². The summed E-state index contributed by atoms with van der Waals surface area (Å²) in [5, 5.41) is 3.23. The van der Waals surface area contributed by atoms with E-state index >= 15 is 0 Å². The Bertz CT molecular complexity index is 613. The van der Waals surface area contributed by atoms with Gasteiger partial charge < -0.3 is 11.1 Å². The third kappa shape index (κ3) is 3.15. The minimum absolute atomic E-state index is 0.153. The van der Waals surface area contributed by atoms with Crippen molar-refractivity contribution in [2.75, 3.05) is 5.32 Å². The van der Waals surface area contributed by atoms with Crippen molar-refractivity contribution in [1.82, 2.24) is 0 Å². The van der Waals surface area contributed by atoms with Crippen molar-refractivity contribution < 1.29 is 9.18 Å². The fourth-order valence-corrected chi connectivity index (χ4v) is 2.12. The van der Waals surface area contributed by atoms with Crippen molar-refractivity contribution in [2.24, 2.45) is 5.73 Å². The van der Waals surface area contributed by atoms with Crippen LogP contribution >= 0.6 is 0 Å². The molecule has 0 saturated heterocycles. The third-order valence-corrected chi connectivity index (χ3v) is 3.18. The van der Waals surface area contributed by atoms with Gasteiger partial charge in [-0.15, -0.1) is 0 Å². The Morgan fingerprint density at radius 2 is 2.00 bits per heavy atom. The topological polar surface area (TPSA) is 55.1 Å². The molecule has 0 radical (unpaired) electrons. The summed E-state index contributed by atoms with van der Waals surface area (Å²) >= 11 is 0. The predicted molar refractivity (Wildman–Crippen MR) is 78.0 cm³/mol. The average molecular weight is 272 g/mol. The van der Waals surface area contributed by atoms with Crippen LogP contribution in [0, 0.1) is 5.82 Å². The molecule has 0 spiro atoms. The molecule has 2 rings (SSSR count). The molecular weight excluding hydrogens is 255 g/mol. The van der Waals surface area contributed by atoms with Crippen molar-refractivity contribution in [2.45, 2.75) is 19.4 Å². The lowest BCUT2D eigenvalue weighted by Crippen LogP contribution is -2.14. The van der Waals surface area contributed by atoms with Gasteiger partial charge in [-0.1, -0.05) is 31.2 Å². The van der Waals surface area contributed by atoms with E-state index in [0.29, 0.717) is 11.1 Å². The van der Waals surface area contributed by atoms with Crippen LogP contribution in [-0.2, 0) is 0 Å². The molecule has 0 aliphatic carbocycles. The second kappa shape index (κ2) is 6.19. The first kappa shape index (κ1) is 14.1. The van der Waals surface area contributed by atoms with E-state index in [2.05, 4.69) is 5.32 Å². The molecule has 0 aromatic heterocycles. The van der Waals surface area contributed by atoms with E-state index in [1.165, 1.54) is 6.07 Å². The van der Waals surface area contributed by atoms with Gasteiger partial charge in [0.15, 0.2) is 0 Å². The summed E-state index contributed by atoms with van der Waals surface area (Å²) in [7, 11) is 0. The highest BCUT2D eigenvalue weighted by Crippen LogP contribution is 2.25. The molecule has 0 aliphatic heterocycles. The van der Waals surface area contributed by atoms with Crippen LogP contribution in [0.2, 0.25) is 0 Å². The van der Waals surface area contributed by atoms with Gasteiger partial charge in [-0.3, -0.25) is 4.79 Å². The molecule has 0 aliphatic rings. The monoisotopic (exact) mass is 272 g/mol. The molecule has 1 unspecified atom stereocenters. The molecule has 104 valence electrons. The average Bonchev–Trinajstić information content (AvgIpc) is 2.46. The number of hydrogen-bond acceptors (Lipinski definition) is 2. The standard InChI is InChI=1S/C16H17FN2O/c1-2-15(13-8-3-4-9-14(13)17)19-12-7-5-6-11(10-12)16(18)20/h3-10,15,19H,2H2,1H3,(H2,18,20). The van der Waals surface area contributed by atoms with Gasteiger partial charge in [-0.25, -0.2) is 4.39 Å². The van der Waals surface area contributed by atoms with E-state index in [4.69, 9.17) is 5.73 Å². The van der Waals surface area contributed by atoms with Crippen LogP contribution in [0.5, 0.6) is 0 Å². The number of primary amides is 1. The highest BCUT2D eigenvalue weighted by Gasteiger charge is 2.13. The Morgan fingerprint density at radius 3 is 2.65 bits per heavy atom. The molecule has 1 atom stereocenters. The van der Waals surface area contributed by atoms with Gasteiger partial charge in [0, 0.05) is 16.8 Å². The summed E-state index contributed by atoms with van der Waals surface area (Å²) in [6.07, 6.45) is 0.724. The Morgan fingerprint density at radius 1 is 1.25 bits per heavy atom. The quantitative estimate of drug-likeness (QED) is 0.875. The highest BCUT2D eigenvalue weighted by atomic mass is 19.1. The molecule has 2 aromatic carbocycles. The lowest BCUT2D eigenvalue weighted by Gasteiger charge is -2.19. The molecule has 0 heterocycles. The maximum Gasteiger partial charge on any atom is 0.248 e. The molecule has 1 amide bonds. The van der Waals surface area contributed by atoms with E-state index in [9.17, 15) is 9.18 Å². The number of rotatable bonds is 5. The number of carbonyl (C=O) groups excluding carboxylic acids is 1. The SMILES string of the molecule is CCC(Nc1cccc(C(N)=O)c1)c1ccccc1F. The summed E-state index contributed by atoms with van der Waals surface area (Å²) in [4.78, 5) is 11.2. The second-order valence-corrected chi connectivity index (χ2v) is 4.57. The number of carbonyl (C=O) groups is 1. The number of nitrogens with one attached hydrogen (secondary N) is 1. The number of benzene rings is 2. The van der Waals surface area contributed by atoms with Crippen LogP contribution in [0.15, 0.2) is 48.5 Å². The van der Waals surface area contributed by atoms with Crippen LogP contribution in [-0.4, -0.2) is 5.91 Å². The number of amides is 1. The smallest absolute Gasteiger partial charge is 0.248 e. The molecule has 0 bridgehead atoms. The fourth-order valence-electron chi connectivity index (χ4n) is 2.12. The van der Waals surface area contributed by atoms with Gasteiger partial charge >= 0.3 is 0 Å². The van der Waals surface area contributed by atoms with Crippen LogP contribution in [0.4, 0.5) is 10.1 Å². The van der Waals surface area contributed by atoms with Crippen molar-refractivity contribution in [3.63, 3.8) is 0 Å². The molecule has 3 nitrogen and oxygen atoms in total. The normalized spacial score (nSPS) is 11.9. The molecule has 4 heteroatoms. The third-order valence-electron chi connectivity index (χ3n) is 3.18. The van der Waals surface area contributed by atoms with Crippen LogP contribution in [0.1, 0.15) is 35.3 Å². The summed E-state index contributed by atoms with van der Waals surface area (Å²) in [6, 6.07) is 13.4. The van der Waals surface area contributed by atoms with Crippen molar-refractivity contribution in [1.29, 1.82) is 0 Å². The number of nitrogens with two attached hydrogens (primary N) is 1. The molecule has 2 aromatic rings. The van der Waals surface area contributed by atoms with Gasteiger partial charge in [-0.05, 0) is 30.7 Å². The largest absolute Gasteiger partial charge is 0.378 e. The number of halogens is 1. The van der Waals surface area contributed by atoms with Crippen molar-refractivity contribution in [3.8, 4) is 0 Å². The van der Waals surface area contributed by atoms with Crippen LogP contribution < -0.4 is 11.1 Å². The van der Waals surface area contributed by atoms with Gasteiger partial charge in [0.1, 0.15) is 5.82 Å². The molecule has 3 N–H and O–H groups in total. The Balaban J connectivity index is 2.25. The zero-order valence-corrected chi connectivity index (χ0v) is 11.3. The Hall–Kier alpha value is -2.36. The first-order chi connectivity index (χ1) is 9.61. The first-order valence-electron chi connectivity index (χ1n) is 6.52. The highest BCUT2D eigenvalue weighted by molar-refractivity contribution is 5.93. The predicted octanol–water partition coefficient (Wildman–Crippen LogP) is 3.49. The van der Waals surface area contributed by atoms with Gasteiger partial charge in [-0.2, -0.15) is 0 Å². The number of hydrogen-bond donors (Lipinski definition) is 2. The van der Waals surface area contributed by atoms with Crippen LogP contribution in [0.3, 0.4) is 0 Å². The molecule has 20 heavy (non-hydrogen) atoms. The van der Waals surface area contributed by atoms with E-state index in [1.807, 2.05) is 19.1 Å². The second-order valence-electron chi connectivity index (χ2n) is 4.57. The minimum Gasteiger partial charge on any atom is -0.378 e. The number of anilines is 1.